The van der Waals surface area contributed by atoms with Crippen LogP contribution >= 0.6 is 0 Å². The van der Waals surface area contributed by atoms with Crippen LogP contribution in [0.15, 0.2) is 55.1 Å². The SMILES string of the molecule is C=CC(=O)NCCCCCc1nc2ccccc2n1CCCOc1cc(C)ccc1C. The lowest BCUT2D eigenvalue weighted by Gasteiger charge is -2.12. The molecule has 3 rings (SSSR count). The Hall–Kier alpha value is -3.08. The molecule has 3 aromatic rings. The molecule has 0 unspecified atom stereocenters. The van der Waals surface area contributed by atoms with E-state index in [-0.39, 0.29) is 5.91 Å². The number of imidazole rings is 1. The number of rotatable bonds is 12. The molecule has 31 heavy (non-hydrogen) atoms. The smallest absolute Gasteiger partial charge is 0.243 e. The Morgan fingerprint density at radius 2 is 1.97 bits per heavy atom. The lowest BCUT2D eigenvalue weighted by atomic mass is 10.1. The first-order valence-corrected chi connectivity index (χ1v) is 11.1. The molecule has 0 atom stereocenters. The summed E-state index contributed by atoms with van der Waals surface area (Å²) in [6.07, 6.45) is 6.23. The molecule has 2 aromatic carbocycles. The van der Waals surface area contributed by atoms with Crippen LogP contribution in [0.25, 0.3) is 11.0 Å². The van der Waals surface area contributed by atoms with Crippen LogP contribution in [0.4, 0.5) is 0 Å². The summed E-state index contributed by atoms with van der Waals surface area (Å²) in [7, 11) is 0. The molecule has 0 spiro atoms. The Morgan fingerprint density at radius 3 is 2.81 bits per heavy atom. The summed E-state index contributed by atoms with van der Waals surface area (Å²) in [5.74, 6) is 1.99. The molecule has 0 aliphatic heterocycles. The van der Waals surface area contributed by atoms with E-state index in [1.807, 2.05) is 6.07 Å². The summed E-state index contributed by atoms with van der Waals surface area (Å²) in [4.78, 5) is 16.1. The lowest BCUT2D eigenvalue weighted by Crippen LogP contribution is -2.21. The van der Waals surface area contributed by atoms with Gasteiger partial charge in [-0.15, -0.1) is 0 Å². The van der Waals surface area contributed by atoms with Gasteiger partial charge in [-0.1, -0.05) is 37.3 Å². The number of hydrogen-bond donors (Lipinski definition) is 1. The highest BCUT2D eigenvalue weighted by atomic mass is 16.5. The highest BCUT2D eigenvalue weighted by molar-refractivity contribution is 5.86. The van der Waals surface area contributed by atoms with Crippen LogP contribution in [-0.4, -0.2) is 28.6 Å². The van der Waals surface area contributed by atoms with E-state index in [0.29, 0.717) is 13.2 Å². The summed E-state index contributed by atoms with van der Waals surface area (Å²) in [6.45, 7) is 9.90. The number of para-hydroxylation sites is 2. The van der Waals surface area contributed by atoms with Gasteiger partial charge in [-0.05, 0) is 68.5 Å². The van der Waals surface area contributed by atoms with Crippen LogP contribution in [0.3, 0.4) is 0 Å². The molecule has 5 nitrogen and oxygen atoms in total. The first kappa shape index (κ1) is 22.6. The number of benzene rings is 2. The van der Waals surface area contributed by atoms with Gasteiger partial charge in [0, 0.05) is 19.5 Å². The van der Waals surface area contributed by atoms with Crippen molar-refractivity contribution in [3.05, 3.63) is 72.1 Å². The van der Waals surface area contributed by atoms with Crippen molar-refractivity contribution in [3.8, 4) is 5.75 Å². The van der Waals surface area contributed by atoms with Crippen molar-refractivity contribution in [3.63, 3.8) is 0 Å². The predicted octanol–water partition coefficient (Wildman–Crippen LogP) is 5.14. The average Bonchev–Trinajstić information content (AvgIpc) is 3.13. The first-order valence-electron chi connectivity index (χ1n) is 11.1. The highest BCUT2D eigenvalue weighted by Crippen LogP contribution is 2.21. The molecular formula is C26H33N3O2. The van der Waals surface area contributed by atoms with Gasteiger partial charge in [0.2, 0.25) is 5.91 Å². The van der Waals surface area contributed by atoms with Gasteiger partial charge in [-0.25, -0.2) is 4.98 Å². The van der Waals surface area contributed by atoms with E-state index >= 15 is 0 Å². The molecule has 0 saturated carbocycles. The van der Waals surface area contributed by atoms with Crippen molar-refractivity contribution in [2.45, 2.75) is 52.5 Å². The van der Waals surface area contributed by atoms with Gasteiger partial charge in [-0.2, -0.15) is 0 Å². The van der Waals surface area contributed by atoms with Crippen LogP contribution in [0.2, 0.25) is 0 Å². The summed E-state index contributed by atoms with van der Waals surface area (Å²) < 4.78 is 8.38. The number of nitrogens with one attached hydrogen (secondary N) is 1. The molecule has 5 heteroatoms. The third kappa shape index (κ3) is 6.45. The van der Waals surface area contributed by atoms with Gasteiger partial charge in [-0.3, -0.25) is 4.79 Å². The molecule has 0 aliphatic rings. The fraction of sp³-hybridized carbons (Fsp3) is 0.385. The maximum atomic E-state index is 11.2. The third-order valence-corrected chi connectivity index (χ3v) is 5.42. The summed E-state index contributed by atoms with van der Waals surface area (Å²) >= 11 is 0. The number of amides is 1. The predicted molar refractivity (Wildman–Crippen MR) is 127 cm³/mol. The van der Waals surface area contributed by atoms with E-state index in [2.05, 4.69) is 66.7 Å². The Balaban J connectivity index is 1.54. The van der Waals surface area contributed by atoms with Gasteiger partial charge in [0.1, 0.15) is 11.6 Å². The number of ether oxygens (including phenoxy) is 1. The quantitative estimate of drug-likeness (QED) is 0.327. The monoisotopic (exact) mass is 419 g/mol. The van der Waals surface area contributed by atoms with E-state index in [9.17, 15) is 4.79 Å². The Bertz CT molecular complexity index is 1020. The molecule has 164 valence electrons. The number of fused-ring (bicyclic) bond motifs is 1. The minimum Gasteiger partial charge on any atom is -0.493 e. The molecule has 0 fully saturated rings. The number of aryl methyl sites for hydroxylation is 4. The minimum atomic E-state index is -0.107. The fourth-order valence-corrected chi connectivity index (χ4v) is 3.70. The minimum absolute atomic E-state index is 0.107. The van der Waals surface area contributed by atoms with E-state index < -0.39 is 0 Å². The summed E-state index contributed by atoms with van der Waals surface area (Å²) in [5.41, 5.74) is 4.62. The standard InChI is InChI=1S/C26H33N3O2/c1-4-26(30)27-16-9-5-6-13-25-28-22-11-7-8-12-23(22)29(25)17-10-18-31-24-19-20(2)14-15-21(24)3/h4,7-8,11-12,14-15,19H,1,5-6,9-10,13,16-18H2,2-3H3,(H,27,30). The molecule has 1 heterocycles. The van der Waals surface area contributed by atoms with Crippen LogP contribution in [-0.2, 0) is 17.8 Å². The van der Waals surface area contributed by atoms with Crippen molar-refractivity contribution in [2.24, 2.45) is 0 Å². The summed E-state index contributed by atoms with van der Waals surface area (Å²) in [5, 5.41) is 2.83. The Morgan fingerprint density at radius 1 is 1.13 bits per heavy atom. The van der Waals surface area contributed by atoms with Crippen LogP contribution < -0.4 is 10.1 Å². The normalized spacial score (nSPS) is 10.9. The molecule has 0 bridgehead atoms. The molecule has 0 saturated heterocycles. The van der Waals surface area contributed by atoms with Gasteiger partial charge in [0.25, 0.3) is 0 Å². The average molecular weight is 420 g/mol. The molecule has 0 aliphatic carbocycles. The van der Waals surface area contributed by atoms with Gasteiger partial charge >= 0.3 is 0 Å². The number of carbonyl (C=O) groups is 1. The van der Waals surface area contributed by atoms with E-state index in [1.54, 1.807) is 0 Å². The van der Waals surface area contributed by atoms with E-state index in [1.165, 1.54) is 22.7 Å². The number of unbranched alkanes of at least 4 members (excludes halogenated alkanes) is 2. The third-order valence-electron chi connectivity index (χ3n) is 5.42. The molecular weight excluding hydrogens is 386 g/mol. The lowest BCUT2D eigenvalue weighted by molar-refractivity contribution is -0.116. The van der Waals surface area contributed by atoms with Crippen LogP contribution in [0.1, 0.15) is 42.6 Å². The van der Waals surface area contributed by atoms with Gasteiger partial charge in [0.05, 0.1) is 17.6 Å². The maximum absolute atomic E-state index is 11.2. The molecule has 1 N–H and O–H groups in total. The zero-order valence-corrected chi connectivity index (χ0v) is 18.7. The number of nitrogens with zero attached hydrogens (tertiary/aromatic N) is 2. The van der Waals surface area contributed by atoms with Crippen LogP contribution in [0.5, 0.6) is 5.75 Å². The van der Waals surface area contributed by atoms with Crippen molar-refractivity contribution < 1.29 is 9.53 Å². The highest BCUT2D eigenvalue weighted by Gasteiger charge is 2.10. The Kier molecular flexibility index (Phi) is 8.27. The van der Waals surface area contributed by atoms with Crippen LogP contribution in [0, 0.1) is 13.8 Å². The number of hydrogen-bond acceptors (Lipinski definition) is 3. The van der Waals surface area contributed by atoms with Gasteiger partial charge in [0.15, 0.2) is 0 Å². The molecule has 1 amide bonds. The number of aromatic nitrogens is 2. The summed E-state index contributed by atoms with van der Waals surface area (Å²) in [6, 6.07) is 14.6. The second kappa shape index (κ2) is 11.3. The second-order valence-corrected chi connectivity index (χ2v) is 7.95. The van der Waals surface area contributed by atoms with Gasteiger partial charge < -0.3 is 14.6 Å². The topological polar surface area (TPSA) is 56.2 Å². The van der Waals surface area contributed by atoms with E-state index in [0.717, 1.165) is 55.7 Å². The van der Waals surface area contributed by atoms with Crippen molar-refractivity contribution in [2.75, 3.05) is 13.2 Å². The second-order valence-electron chi connectivity index (χ2n) is 7.95. The first-order chi connectivity index (χ1) is 15.1. The maximum Gasteiger partial charge on any atom is 0.243 e. The van der Waals surface area contributed by atoms with Crippen molar-refractivity contribution in [1.29, 1.82) is 0 Å². The largest absolute Gasteiger partial charge is 0.493 e. The zero-order chi connectivity index (χ0) is 22.1. The fourth-order valence-electron chi connectivity index (χ4n) is 3.70. The zero-order valence-electron chi connectivity index (χ0n) is 18.7. The molecule has 1 aromatic heterocycles. The molecule has 0 radical (unpaired) electrons. The van der Waals surface area contributed by atoms with E-state index in [4.69, 9.17) is 9.72 Å². The van der Waals surface area contributed by atoms with Crippen molar-refractivity contribution in [1.82, 2.24) is 14.9 Å². The number of carbonyl (C=O) groups excluding carboxylic acids is 1. The van der Waals surface area contributed by atoms with Crippen molar-refractivity contribution >= 4 is 16.9 Å². The Labute approximate surface area is 185 Å².